The monoisotopic (exact) mass is 405 g/mol. The number of aromatic nitrogens is 3. The Kier molecular flexibility index (Phi) is 5.07. The highest BCUT2D eigenvalue weighted by atomic mass is 35.5. The maximum atomic E-state index is 12.7. The zero-order valence-corrected chi connectivity index (χ0v) is 17.2. The number of ether oxygens (including phenoxy) is 1. The third kappa shape index (κ3) is 3.49. The van der Waals surface area contributed by atoms with Crippen LogP contribution in [0.25, 0.3) is 28.1 Å². The number of hydrogen-bond acceptors (Lipinski definition) is 4. The molecule has 2 heterocycles. The van der Waals surface area contributed by atoms with Crippen molar-refractivity contribution in [2.24, 2.45) is 0 Å². The molecular weight excluding hydrogens is 386 g/mol. The van der Waals surface area contributed by atoms with Crippen LogP contribution >= 0.6 is 11.6 Å². The molecule has 6 heteroatoms. The summed E-state index contributed by atoms with van der Waals surface area (Å²) in [6, 6.07) is 17.4. The molecule has 0 N–H and O–H groups in total. The van der Waals surface area contributed by atoms with Crippen LogP contribution in [0.5, 0.6) is 0 Å². The van der Waals surface area contributed by atoms with Crippen LogP contribution in [0.15, 0.2) is 54.6 Å². The van der Waals surface area contributed by atoms with E-state index in [2.05, 4.69) is 17.1 Å². The number of aryl methyl sites for hydroxylation is 2. The van der Waals surface area contributed by atoms with E-state index in [4.69, 9.17) is 21.3 Å². The standard InChI is InChI=1S/C23H20ClN3O2/c1-4-29-22(28)20-15(3)25-23(26-21(20)16-9-11-18(24)12-10-16)27-14(2)13-17-7-5-6-8-19(17)27/h5-13H,4H2,1-3H3. The zero-order valence-electron chi connectivity index (χ0n) is 16.4. The molecule has 0 fully saturated rings. The van der Waals surface area contributed by atoms with E-state index in [1.54, 1.807) is 26.0 Å². The molecule has 0 bridgehead atoms. The van der Waals surface area contributed by atoms with Gasteiger partial charge in [0.25, 0.3) is 0 Å². The Labute approximate surface area is 173 Å². The highest BCUT2D eigenvalue weighted by molar-refractivity contribution is 6.30. The third-order valence-electron chi connectivity index (χ3n) is 4.77. The second-order valence-electron chi connectivity index (χ2n) is 6.74. The fourth-order valence-electron chi connectivity index (χ4n) is 3.48. The van der Waals surface area contributed by atoms with E-state index in [1.165, 1.54) is 0 Å². The minimum absolute atomic E-state index is 0.279. The van der Waals surface area contributed by atoms with Gasteiger partial charge in [0.15, 0.2) is 0 Å². The summed E-state index contributed by atoms with van der Waals surface area (Å²) in [6.45, 7) is 5.87. The first-order valence-corrected chi connectivity index (χ1v) is 9.76. The average molecular weight is 406 g/mol. The van der Waals surface area contributed by atoms with E-state index in [0.29, 0.717) is 27.9 Å². The first-order chi connectivity index (χ1) is 14.0. The van der Waals surface area contributed by atoms with Gasteiger partial charge in [-0.05, 0) is 45.0 Å². The molecule has 0 unspecified atom stereocenters. The van der Waals surface area contributed by atoms with Crippen LogP contribution in [-0.4, -0.2) is 27.1 Å². The number of benzene rings is 2. The lowest BCUT2D eigenvalue weighted by molar-refractivity contribution is 0.0525. The van der Waals surface area contributed by atoms with Crippen LogP contribution in [0.3, 0.4) is 0 Å². The number of rotatable bonds is 4. The maximum absolute atomic E-state index is 12.7. The summed E-state index contributed by atoms with van der Waals surface area (Å²) in [6.07, 6.45) is 0. The molecule has 2 aromatic carbocycles. The molecule has 4 rings (SSSR count). The van der Waals surface area contributed by atoms with Gasteiger partial charge in [-0.2, -0.15) is 0 Å². The van der Waals surface area contributed by atoms with Crippen molar-refractivity contribution in [3.63, 3.8) is 0 Å². The molecule has 2 aromatic heterocycles. The summed E-state index contributed by atoms with van der Waals surface area (Å²) in [7, 11) is 0. The lowest BCUT2D eigenvalue weighted by Gasteiger charge is -2.14. The number of carbonyl (C=O) groups excluding carboxylic acids is 1. The molecule has 146 valence electrons. The van der Waals surface area contributed by atoms with Crippen molar-refractivity contribution >= 4 is 28.5 Å². The Bertz CT molecular complexity index is 1210. The number of carbonyl (C=O) groups is 1. The Morgan fingerprint density at radius 2 is 1.79 bits per heavy atom. The average Bonchev–Trinajstić information content (AvgIpc) is 3.03. The molecule has 4 aromatic rings. The number of fused-ring (bicyclic) bond motifs is 1. The van der Waals surface area contributed by atoms with Gasteiger partial charge in [0, 0.05) is 21.7 Å². The number of hydrogen-bond donors (Lipinski definition) is 0. The van der Waals surface area contributed by atoms with E-state index < -0.39 is 5.97 Å². The molecule has 0 saturated carbocycles. The second kappa shape index (κ2) is 7.68. The third-order valence-corrected chi connectivity index (χ3v) is 5.02. The number of para-hydroxylation sites is 1. The van der Waals surface area contributed by atoms with Gasteiger partial charge >= 0.3 is 5.97 Å². The molecule has 0 atom stereocenters. The molecule has 29 heavy (non-hydrogen) atoms. The Balaban J connectivity index is 1.99. The fraction of sp³-hybridized carbons (Fsp3) is 0.174. The fourth-order valence-corrected chi connectivity index (χ4v) is 3.61. The quantitative estimate of drug-likeness (QED) is 0.418. The molecule has 0 aliphatic rings. The summed E-state index contributed by atoms with van der Waals surface area (Å²) < 4.78 is 7.26. The first kappa shape index (κ1) is 19.2. The molecule has 0 aliphatic heterocycles. The summed E-state index contributed by atoms with van der Waals surface area (Å²) >= 11 is 6.05. The molecule has 0 saturated heterocycles. The van der Waals surface area contributed by atoms with E-state index in [-0.39, 0.29) is 6.61 Å². The van der Waals surface area contributed by atoms with E-state index in [1.807, 2.05) is 41.8 Å². The second-order valence-corrected chi connectivity index (χ2v) is 7.18. The van der Waals surface area contributed by atoms with Gasteiger partial charge in [-0.15, -0.1) is 0 Å². The highest BCUT2D eigenvalue weighted by Gasteiger charge is 2.22. The SMILES string of the molecule is CCOC(=O)c1c(C)nc(-n2c(C)cc3ccccc32)nc1-c1ccc(Cl)cc1. The number of halogens is 1. The number of esters is 1. The van der Waals surface area contributed by atoms with E-state index in [0.717, 1.165) is 22.2 Å². The molecule has 0 aliphatic carbocycles. The van der Waals surface area contributed by atoms with Gasteiger partial charge in [-0.3, -0.25) is 4.57 Å². The summed E-state index contributed by atoms with van der Waals surface area (Å²) in [5.74, 6) is 0.0785. The summed E-state index contributed by atoms with van der Waals surface area (Å²) in [5.41, 5.74) is 4.26. The van der Waals surface area contributed by atoms with Crippen molar-refractivity contribution in [3.8, 4) is 17.2 Å². The van der Waals surface area contributed by atoms with Gasteiger partial charge < -0.3 is 4.74 Å². The van der Waals surface area contributed by atoms with Crippen LogP contribution in [0.1, 0.15) is 28.7 Å². The van der Waals surface area contributed by atoms with Gasteiger partial charge in [0.05, 0.1) is 23.5 Å². The van der Waals surface area contributed by atoms with Crippen LogP contribution < -0.4 is 0 Å². The molecule has 0 radical (unpaired) electrons. The molecule has 0 spiro atoms. The van der Waals surface area contributed by atoms with Crippen molar-refractivity contribution in [1.29, 1.82) is 0 Å². The Hall–Kier alpha value is -3.18. The molecule has 0 amide bonds. The summed E-state index contributed by atoms with van der Waals surface area (Å²) in [5, 5.41) is 1.72. The van der Waals surface area contributed by atoms with E-state index in [9.17, 15) is 4.79 Å². The molecule has 5 nitrogen and oxygen atoms in total. The van der Waals surface area contributed by atoms with Crippen LogP contribution in [0, 0.1) is 13.8 Å². The van der Waals surface area contributed by atoms with Crippen molar-refractivity contribution < 1.29 is 9.53 Å². The maximum Gasteiger partial charge on any atom is 0.342 e. The predicted octanol–water partition coefficient (Wildman–Crippen LogP) is 5.53. The van der Waals surface area contributed by atoms with Gasteiger partial charge in [-0.25, -0.2) is 14.8 Å². The number of nitrogens with zero attached hydrogens (tertiary/aromatic N) is 3. The van der Waals surface area contributed by atoms with Gasteiger partial charge in [0.2, 0.25) is 5.95 Å². The topological polar surface area (TPSA) is 57.0 Å². The first-order valence-electron chi connectivity index (χ1n) is 9.38. The van der Waals surface area contributed by atoms with Crippen molar-refractivity contribution in [2.75, 3.05) is 6.61 Å². The smallest absolute Gasteiger partial charge is 0.342 e. The van der Waals surface area contributed by atoms with Crippen LogP contribution in [0.2, 0.25) is 5.02 Å². The Morgan fingerprint density at radius 3 is 2.52 bits per heavy atom. The minimum atomic E-state index is -0.435. The van der Waals surface area contributed by atoms with Gasteiger partial charge in [0.1, 0.15) is 5.56 Å². The summed E-state index contributed by atoms with van der Waals surface area (Å²) in [4.78, 5) is 22.1. The van der Waals surface area contributed by atoms with E-state index >= 15 is 0 Å². The van der Waals surface area contributed by atoms with Crippen molar-refractivity contribution in [1.82, 2.24) is 14.5 Å². The lowest BCUT2D eigenvalue weighted by Crippen LogP contribution is -2.14. The molecular formula is C23H20ClN3O2. The van der Waals surface area contributed by atoms with Crippen molar-refractivity contribution in [3.05, 3.63) is 76.6 Å². The van der Waals surface area contributed by atoms with Crippen molar-refractivity contribution in [2.45, 2.75) is 20.8 Å². The Morgan fingerprint density at radius 1 is 1.07 bits per heavy atom. The largest absolute Gasteiger partial charge is 0.462 e. The normalized spacial score (nSPS) is 11.0. The van der Waals surface area contributed by atoms with Gasteiger partial charge in [-0.1, -0.05) is 41.9 Å². The van der Waals surface area contributed by atoms with Crippen LogP contribution in [-0.2, 0) is 4.74 Å². The predicted molar refractivity (Wildman–Crippen MR) is 115 cm³/mol. The minimum Gasteiger partial charge on any atom is -0.462 e. The highest BCUT2D eigenvalue weighted by Crippen LogP contribution is 2.29. The van der Waals surface area contributed by atoms with Crippen LogP contribution in [0.4, 0.5) is 0 Å². The zero-order chi connectivity index (χ0) is 20.5. The lowest BCUT2D eigenvalue weighted by atomic mass is 10.0.